The van der Waals surface area contributed by atoms with Crippen LogP contribution in [-0.4, -0.2) is 17.6 Å². The molecule has 2 aromatic rings. The Bertz CT molecular complexity index is 825. The van der Waals surface area contributed by atoms with Crippen molar-refractivity contribution >= 4 is 35.0 Å². The number of anilines is 2. The smallest absolute Gasteiger partial charge is 0.238 e. The van der Waals surface area contributed by atoms with Gasteiger partial charge in [0.2, 0.25) is 11.8 Å². The van der Waals surface area contributed by atoms with Gasteiger partial charge in [-0.25, -0.2) is 0 Å². The quantitative estimate of drug-likeness (QED) is 0.850. The van der Waals surface area contributed by atoms with E-state index in [0.29, 0.717) is 5.75 Å². The molecule has 1 aliphatic rings. The number of hydrogen-bond acceptors (Lipinski definition) is 3. The Kier molecular flexibility index (Phi) is 5.10. The molecular formula is C21H24N2O2S. The van der Waals surface area contributed by atoms with Gasteiger partial charge in [-0.15, -0.1) is 11.8 Å². The van der Waals surface area contributed by atoms with Crippen LogP contribution in [0.5, 0.6) is 0 Å². The molecule has 0 aromatic heterocycles. The van der Waals surface area contributed by atoms with E-state index in [1.807, 2.05) is 81.1 Å². The van der Waals surface area contributed by atoms with Gasteiger partial charge in [0, 0.05) is 16.8 Å². The van der Waals surface area contributed by atoms with Crippen molar-refractivity contribution < 1.29 is 9.59 Å². The molecule has 2 amide bonds. The maximum Gasteiger partial charge on any atom is 0.238 e. The van der Waals surface area contributed by atoms with Gasteiger partial charge in [-0.1, -0.05) is 50.6 Å². The van der Waals surface area contributed by atoms with Gasteiger partial charge in [-0.05, 0) is 36.8 Å². The van der Waals surface area contributed by atoms with Crippen molar-refractivity contribution in [2.75, 3.05) is 16.0 Å². The van der Waals surface area contributed by atoms with Gasteiger partial charge in [0.05, 0.1) is 5.75 Å². The number of carbonyl (C=O) groups excluding carboxylic acids is 2. The molecule has 0 bridgehead atoms. The molecule has 0 saturated carbocycles. The summed E-state index contributed by atoms with van der Waals surface area (Å²) in [5.41, 5.74) is 3.37. The number of thioether (sulfide) groups is 1. The summed E-state index contributed by atoms with van der Waals surface area (Å²) in [4.78, 5) is 26.6. The third kappa shape index (κ3) is 3.93. The van der Waals surface area contributed by atoms with E-state index in [-0.39, 0.29) is 17.2 Å². The summed E-state index contributed by atoms with van der Waals surface area (Å²) in [5, 5.41) is 2.88. The molecule has 0 aliphatic carbocycles. The predicted octanol–water partition coefficient (Wildman–Crippen LogP) is 4.76. The monoisotopic (exact) mass is 368 g/mol. The van der Waals surface area contributed by atoms with E-state index in [9.17, 15) is 9.59 Å². The Morgan fingerprint density at radius 2 is 1.85 bits per heavy atom. The molecular weight excluding hydrogens is 344 g/mol. The third-order valence-corrected chi connectivity index (χ3v) is 5.50. The van der Waals surface area contributed by atoms with Crippen molar-refractivity contribution in [3.05, 3.63) is 59.7 Å². The first kappa shape index (κ1) is 18.5. The van der Waals surface area contributed by atoms with Crippen molar-refractivity contribution in [2.24, 2.45) is 5.41 Å². The summed E-state index contributed by atoms with van der Waals surface area (Å²) in [6.07, 6.45) is 0. The Balaban J connectivity index is 1.88. The number of amides is 2. The molecule has 1 atom stereocenters. The highest BCUT2D eigenvalue weighted by Gasteiger charge is 2.34. The number of aryl methyl sites for hydroxylation is 1. The molecule has 3 rings (SSSR count). The normalized spacial score (nSPS) is 17.5. The van der Waals surface area contributed by atoms with E-state index in [0.717, 1.165) is 22.5 Å². The van der Waals surface area contributed by atoms with Gasteiger partial charge in [0.15, 0.2) is 0 Å². The summed E-state index contributed by atoms with van der Waals surface area (Å²) in [5.74, 6) is 0.532. The molecule has 0 spiro atoms. The lowest BCUT2D eigenvalue weighted by molar-refractivity contribution is -0.123. The van der Waals surface area contributed by atoms with Crippen molar-refractivity contribution in [3.63, 3.8) is 0 Å². The molecule has 1 aliphatic heterocycles. The molecule has 0 radical (unpaired) electrons. The minimum Gasteiger partial charge on any atom is -0.326 e. The molecule has 2 aromatic carbocycles. The molecule has 1 fully saturated rings. The molecule has 1 heterocycles. The van der Waals surface area contributed by atoms with Crippen molar-refractivity contribution in [3.8, 4) is 0 Å². The fraction of sp³-hybridized carbons (Fsp3) is 0.333. The lowest BCUT2D eigenvalue weighted by Crippen LogP contribution is -2.28. The zero-order valence-electron chi connectivity index (χ0n) is 15.6. The molecule has 1 saturated heterocycles. The van der Waals surface area contributed by atoms with Crippen LogP contribution in [0.2, 0.25) is 0 Å². The van der Waals surface area contributed by atoms with Crippen LogP contribution in [0.15, 0.2) is 48.5 Å². The summed E-state index contributed by atoms with van der Waals surface area (Å²) in [6, 6.07) is 15.8. The van der Waals surface area contributed by atoms with Crippen LogP contribution in [0.4, 0.5) is 11.4 Å². The molecule has 26 heavy (non-hydrogen) atoms. The molecule has 1 N–H and O–H groups in total. The molecule has 5 heteroatoms. The van der Waals surface area contributed by atoms with Crippen molar-refractivity contribution in [1.82, 2.24) is 0 Å². The molecule has 136 valence electrons. The first-order chi connectivity index (χ1) is 12.3. The zero-order chi connectivity index (χ0) is 18.9. The number of nitrogens with one attached hydrogen (secondary N) is 1. The number of carbonyl (C=O) groups is 2. The van der Waals surface area contributed by atoms with Crippen LogP contribution in [0, 0.1) is 12.3 Å². The van der Waals surface area contributed by atoms with Crippen molar-refractivity contribution in [2.45, 2.75) is 33.1 Å². The molecule has 4 nitrogen and oxygen atoms in total. The zero-order valence-corrected chi connectivity index (χ0v) is 16.4. The van der Waals surface area contributed by atoms with Gasteiger partial charge < -0.3 is 5.32 Å². The standard InChI is InChI=1S/C21H24N2O2S/c1-14-8-10-17(11-9-14)23-18(24)13-26-19(23)15-6-5-7-16(12-15)22-20(25)21(2,3)4/h5-12,19H,13H2,1-4H3,(H,22,25)/t19-/m0/s1. The van der Waals surface area contributed by atoms with Gasteiger partial charge >= 0.3 is 0 Å². The maximum absolute atomic E-state index is 12.5. The Hall–Kier alpha value is -2.27. The maximum atomic E-state index is 12.5. The lowest BCUT2D eigenvalue weighted by Gasteiger charge is -2.25. The van der Waals surface area contributed by atoms with Gasteiger partial charge in [-0.2, -0.15) is 0 Å². The summed E-state index contributed by atoms with van der Waals surface area (Å²) in [7, 11) is 0. The van der Waals surface area contributed by atoms with E-state index in [1.54, 1.807) is 11.8 Å². The summed E-state index contributed by atoms with van der Waals surface area (Å²) < 4.78 is 0. The number of rotatable bonds is 3. The number of benzene rings is 2. The van der Waals surface area contributed by atoms with Crippen LogP contribution in [0.25, 0.3) is 0 Å². The van der Waals surface area contributed by atoms with E-state index in [1.165, 1.54) is 0 Å². The first-order valence-electron chi connectivity index (χ1n) is 8.67. The van der Waals surface area contributed by atoms with E-state index >= 15 is 0 Å². The number of nitrogens with zero attached hydrogens (tertiary/aromatic N) is 1. The first-order valence-corrected chi connectivity index (χ1v) is 9.72. The second kappa shape index (κ2) is 7.16. The predicted molar refractivity (Wildman–Crippen MR) is 108 cm³/mol. The van der Waals surface area contributed by atoms with Crippen LogP contribution < -0.4 is 10.2 Å². The Morgan fingerprint density at radius 3 is 2.50 bits per heavy atom. The van der Waals surface area contributed by atoms with Gasteiger partial charge in [0.1, 0.15) is 5.37 Å². The summed E-state index contributed by atoms with van der Waals surface area (Å²) >= 11 is 1.61. The fourth-order valence-electron chi connectivity index (χ4n) is 2.74. The Morgan fingerprint density at radius 1 is 1.15 bits per heavy atom. The average Bonchev–Trinajstić information content (AvgIpc) is 2.97. The van der Waals surface area contributed by atoms with Crippen LogP contribution in [0.3, 0.4) is 0 Å². The minimum absolute atomic E-state index is 0.0276. The fourth-order valence-corrected chi connectivity index (χ4v) is 3.91. The average molecular weight is 369 g/mol. The SMILES string of the molecule is Cc1ccc(N2C(=O)CS[C@H]2c2cccc(NC(=O)C(C)(C)C)c2)cc1. The second-order valence-electron chi connectivity index (χ2n) is 7.59. The summed E-state index contributed by atoms with van der Waals surface area (Å²) in [6.45, 7) is 7.69. The topological polar surface area (TPSA) is 49.4 Å². The largest absolute Gasteiger partial charge is 0.326 e. The highest BCUT2D eigenvalue weighted by molar-refractivity contribution is 8.00. The third-order valence-electron chi connectivity index (χ3n) is 4.29. The lowest BCUT2D eigenvalue weighted by atomic mass is 9.95. The minimum atomic E-state index is -0.456. The molecule has 0 unspecified atom stereocenters. The Labute approximate surface area is 159 Å². The highest BCUT2D eigenvalue weighted by atomic mass is 32.2. The van der Waals surface area contributed by atoms with Crippen molar-refractivity contribution in [1.29, 1.82) is 0 Å². The second-order valence-corrected chi connectivity index (χ2v) is 8.66. The number of hydrogen-bond donors (Lipinski definition) is 1. The van der Waals surface area contributed by atoms with Crippen LogP contribution in [0.1, 0.15) is 37.3 Å². The van der Waals surface area contributed by atoms with Gasteiger partial charge in [-0.3, -0.25) is 14.5 Å². The van der Waals surface area contributed by atoms with Gasteiger partial charge in [0.25, 0.3) is 0 Å². The highest BCUT2D eigenvalue weighted by Crippen LogP contribution is 2.42. The van der Waals surface area contributed by atoms with E-state index < -0.39 is 5.41 Å². The van der Waals surface area contributed by atoms with Crippen LogP contribution >= 0.6 is 11.8 Å². The van der Waals surface area contributed by atoms with E-state index in [2.05, 4.69) is 5.32 Å². The van der Waals surface area contributed by atoms with Crippen LogP contribution in [-0.2, 0) is 9.59 Å². The van der Waals surface area contributed by atoms with E-state index in [4.69, 9.17) is 0 Å².